The number of hydrogen-bond acceptors (Lipinski definition) is 4. The number of amides is 2. The van der Waals surface area contributed by atoms with E-state index in [-0.39, 0.29) is 0 Å². The molecule has 1 heterocycles. The number of piperazine rings is 1. The van der Waals surface area contributed by atoms with Crippen LogP contribution in [-0.2, 0) is 16.1 Å². The van der Waals surface area contributed by atoms with E-state index in [9.17, 15) is 9.59 Å². The molecular formula is C19H20N2O4. The van der Waals surface area contributed by atoms with E-state index in [0.717, 1.165) is 11.3 Å². The van der Waals surface area contributed by atoms with Crippen LogP contribution in [0.3, 0.4) is 0 Å². The van der Waals surface area contributed by atoms with E-state index in [1.54, 1.807) is 43.4 Å². The molecule has 0 saturated carbocycles. The maximum Gasteiger partial charge on any atom is 0.316 e. The number of ether oxygens (including phenoxy) is 2. The molecule has 3 rings (SSSR count). The quantitative estimate of drug-likeness (QED) is 0.782. The average Bonchev–Trinajstić information content (AvgIpc) is 2.66. The Labute approximate surface area is 146 Å². The van der Waals surface area contributed by atoms with Crippen molar-refractivity contribution in [2.45, 2.75) is 6.54 Å². The molecule has 0 aromatic heterocycles. The van der Waals surface area contributed by atoms with Crippen molar-refractivity contribution in [2.75, 3.05) is 32.2 Å². The number of benzene rings is 2. The maximum atomic E-state index is 12.5. The van der Waals surface area contributed by atoms with E-state index >= 15 is 0 Å². The Hall–Kier alpha value is -3.02. The van der Waals surface area contributed by atoms with E-state index in [0.29, 0.717) is 31.1 Å². The summed E-state index contributed by atoms with van der Waals surface area (Å²) in [6, 6.07) is 14.6. The van der Waals surface area contributed by atoms with Crippen molar-refractivity contribution < 1.29 is 19.1 Å². The highest BCUT2D eigenvalue weighted by Crippen LogP contribution is 2.24. The van der Waals surface area contributed by atoms with Crippen LogP contribution in [-0.4, -0.2) is 44.0 Å². The molecule has 0 atom stereocenters. The summed E-state index contributed by atoms with van der Waals surface area (Å²) in [6.07, 6.45) is 0. The standard InChI is InChI=1S/C19H20N2O4/c1-24-16-7-3-5-14(11-16)13-20-9-10-21(19(23)18(20)22)15-6-4-8-17(12-15)25-2/h3-8,11-12H,9-10,13H2,1-2H3. The first-order valence-corrected chi connectivity index (χ1v) is 8.00. The Morgan fingerprint density at radius 2 is 1.56 bits per heavy atom. The first-order valence-electron chi connectivity index (χ1n) is 8.00. The summed E-state index contributed by atoms with van der Waals surface area (Å²) in [5.41, 5.74) is 1.59. The molecule has 6 nitrogen and oxygen atoms in total. The number of nitrogens with zero attached hydrogens (tertiary/aromatic N) is 2. The molecule has 2 aromatic rings. The smallest absolute Gasteiger partial charge is 0.316 e. The lowest BCUT2D eigenvalue weighted by Crippen LogP contribution is -2.54. The second-order valence-corrected chi connectivity index (χ2v) is 5.74. The van der Waals surface area contributed by atoms with Crippen LogP contribution in [0.2, 0.25) is 0 Å². The van der Waals surface area contributed by atoms with Gasteiger partial charge in [0, 0.05) is 31.4 Å². The predicted molar refractivity (Wildman–Crippen MR) is 93.8 cm³/mol. The van der Waals surface area contributed by atoms with Crippen molar-refractivity contribution in [3.05, 3.63) is 54.1 Å². The third-order valence-electron chi connectivity index (χ3n) is 4.18. The summed E-state index contributed by atoms with van der Waals surface area (Å²) in [7, 11) is 3.17. The summed E-state index contributed by atoms with van der Waals surface area (Å²) in [5.74, 6) is 0.349. The summed E-state index contributed by atoms with van der Waals surface area (Å²) in [5, 5.41) is 0. The van der Waals surface area contributed by atoms with Gasteiger partial charge < -0.3 is 19.3 Å². The SMILES string of the molecule is COc1cccc(CN2CCN(c3cccc(OC)c3)C(=O)C2=O)c1. The van der Waals surface area contributed by atoms with E-state index in [1.807, 2.05) is 24.3 Å². The van der Waals surface area contributed by atoms with Gasteiger partial charge in [-0.3, -0.25) is 9.59 Å². The number of anilines is 1. The van der Waals surface area contributed by atoms with Gasteiger partial charge in [0.05, 0.1) is 14.2 Å². The van der Waals surface area contributed by atoms with Gasteiger partial charge in [0.1, 0.15) is 11.5 Å². The molecule has 6 heteroatoms. The first-order chi connectivity index (χ1) is 12.1. The van der Waals surface area contributed by atoms with Crippen molar-refractivity contribution >= 4 is 17.5 Å². The highest BCUT2D eigenvalue weighted by Gasteiger charge is 2.33. The van der Waals surface area contributed by atoms with Crippen LogP contribution in [0, 0.1) is 0 Å². The Balaban J connectivity index is 1.73. The van der Waals surface area contributed by atoms with Crippen molar-refractivity contribution in [1.29, 1.82) is 0 Å². The molecule has 1 saturated heterocycles. The van der Waals surface area contributed by atoms with Crippen molar-refractivity contribution in [3.63, 3.8) is 0 Å². The average molecular weight is 340 g/mol. The number of hydrogen-bond donors (Lipinski definition) is 0. The zero-order valence-electron chi connectivity index (χ0n) is 14.3. The first kappa shape index (κ1) is 16.8. The van der Waals surface area contributed by atoms with Gasteiger partial charge in [-0.1, -0.05) is 18.2 Å². The van der Waals surface area contributed by atoms with Gasteiger partial charge in [0.25, 0.3) is 0 Å². The van der Waals surface area contributed by atoms with Crippen molar-refractivity contribution in [1.82, 2.24) is 4.90 Å². The number of rotatable bonds is 5. The van der Waals surface area contributed by atoms with Crippen LogP contribution in [0.4, 0.5) is 5.69 Å². The molecule has 1 aliphatic heterocycles. The van der Waals surface area contributed by atoms with Crippen molar-refractivity contribution in [3.8, 4) is 11.5 Å². The Bertz CT molecular complexity index is 790. The van der Waals surface area contributed by atoms with Gasteiger partial charge in [0.2, 0.25) is 0 Å². The van der Waals surface area contributed by atoms with Gasteiger partial charge in [-0.25, -0.2) is 0 Å². The normalized spacial score (nSPS) is 14.6. The fraction of sp³-hybridized carbons (Fsp3) is 0.263. The fourth-order valence-electron chi connectivity index (χ4n) is 2.84. The lowest BCUT2D eigenvalue weighted by atomic mass is 10.1. The van der Waals surface area contributed by atoms with Crippen LogP contribution >= 0.6 is 0 Å². The number of carbonyl (C=O) groups is 2. The van der Waals surface area contributed by atoms with Crippen LogP contribution < -0.4 is 14.4 Å². The second kappa shape index (κ2) is 7.25. The van der Waals surface area contributed by atoms with Crippen LogP contribution in [0.5, 0.6) is 11.5 Å². The second-order valence-electron chi connectivity index (χ2n) is 5.74. The molecule has 25 heavy (non-hydrogen) atoms. The third-order valence-corrected chi connectivity index (χ3v) is 4.18. The van der Waals surface area contributed by atoms with E-state index in [1.165, 1.54) is 4.90 Å². The Morgan fingerprint density at radius 1 is 0.880 bits per heavy atom. The minimum Gasteiger partial charge on any atom is -0.497 e. The topological polar surface area (TPSA) is 59.1 Å². The number of methoxy groups -OCH3 is 2. The molecule has 0 radical (unpaired) electrons. The van der Waals surface area contributed by atoms with Gasteiger partial charge in [-0.05, 0) is 29.8 Å². The van der Waals surface area contributed by atoms with Crippen molar-refractivity contribution in [2.24, 2.45) is 0 Å². The maximum absolute atomic E-state index is 12.5. The highest BCUT2D eigenvalue weighted by molar-refractivity contribution is 6.40. The molecule has 0 N–H and O–H groups in total. The molecule has 0 aliphatic carbocycles. The molecule has 2 amide bonds. The van der Waals surface area contributed by atoms with Gasteiger partial charge >= 0.3 is 11.8 Å². The molecule has 0 spiro atoms. The summed E-state index contributed by atoms with van der Waals surface area (Å²) >= 11 is 0. The zero-order chi connectivity index (χ0) is 17.8. The Kier molecular flexibility index (Phi) is 4.88. The van der Waals surface area contributed by atoms with Gasteiger partial charge in [-0.2, -0.15) is 0 Å². The molecule has 130 valence electrons. The van der Waals surface area contributed by atoms with E-state index in [2.05, 4.69) is 0 Å². The molecule has 1 aliphatic rings. The minimum atomic E-state index is -0.526. The van der Waals surface area contributed by atoms with Crippen LogP contribution in [0.1, 0.15) is 5.56 Å². The largest absolute Gasteiger partial charge is 0.497 e. The monoisotopic (exact) mass is 340 g/mol. The number of carbonyl (C=O) groups excluding carboxylic acids is 2. The third kappa shape index (κ3) is 3.57. The lowest BCUT2D eigenvalue weighted by Gasteiger charge is -2.34. The highest BCUT2D eigenvalue weighted by atomic mass is 16.5. The molecule has 2 aromatic carbocycles. The van der Waals surface area contributed by atoms with Gasteiger partial charge in [0.15, 0.2) is 0 Å². The summed E-state index contributed by atoms with van der Waals surface area (Å²) in [4.78, 5) is 28.1. The molecule has 0 unspecified atom stereocenters. The molecular weight excluding hydrogens is 320 g/mol. The summed E-state index contributed by atoms with van der Waals surface area (Å²) in [6.45, 7) is 1.30. The summed E-state index contributed by atoms with van der Waals surface area (Å²) < 4.78 is 10.4. The molecule has 1 fully saturated rings. The molecule has 0 bridgehead atoms. The van der Waals surface area contributed by atoms with E-state index in [4.69, 9.17) is 9.47 Å². The van der Waals surface area contributed by atoms with E-state index < -0.39 is 11.8 Å². The van der Waals surface area contributed by atoms with Crippen LogP contribution in [0.15, 0.2) is 48.5 Å². The lowest BCUT2D eigenvalue weighted by molar-refractivity contribution is -0.146. The predicted octanol–water partition coefficient (Wildman–Crippen LogP) is 2.08. The van der Waals surface area contributed by atoms with Crippen LogP contribution in [0.25, 0.3) is 0 Å². The fourth-order valence-corrected chi connectivity index (χ4v) is 2.84. The Morgan fingerprint density at radius 3 is 2.28 bits per heavy atom. The van der Waals surface area contributed by atoms with Gasteiger partial charge in [-0.15, -0.1) is 0 Å². The minimum absolute atomic E-state index is 0.383. The zero-order valence-corrected chi connectivity index (χ0v) is 14.3.